The molecule has 0 radical (unpaired) electrons. The first kappa shape index (κ1) is 33.8. The minimum Gasteiger partial charge on any atom is -0.340 e. The number of nitrogens with zero attached hydrogens (tertiary/aromatic N) is 4. The van der Waals surface area contributed by atoms with E-state index in [9.17, 15) is 0 Å². The second-order valence-electron chi connectivity index (χ2n) is 9.14. The quantitative estimate of drug-likeness (QED) is 0.326. The van der Waals surface area contributed by atoms with Gasteiger partial charge in [-0.3, -0.25) is 14.2 Å². The summed E-state index contributed by atoms with van der Waals surface area (Å²) in [6, 6.07) is 0.710. The number of unbranched alkanes of at least 4 members (excludes halogenated alkanes) is 1. The van der Waals surface area contributed by atoms with Gasteiger partial charge in [-0.2, -0.15) is 0 Å². The summed E-state index contributed by atoms with van der Waals surface area (Å²) in [5.41, 5.74) is 1.41. The van der Waals surface area contributed by atoms with Gasteiger partial charge < -0.3 is 4.90 Å². The Labute approximate surface area is 224 Å². The Morgan fingerprint density at radius 1 is 0.943 bits per heavy atom. The van der Waals surface area contributed by atoms with Crippen molar-refractivity contribution in [2.24, 2.45) is 10.9 Å². The van der Waals surface area contributed by atoms with Crippen molar-refractivity contribution >= 4 is 17.9 Å². The zero-order valence-electron chi connectivity index (χ0n) is 24.9. The summed E-state index contributed by atoms with van der Waals surface area (Å²) in [4.78, 5) is 10.0. The van der Waals surface area contributed by atoms with E-state index in [1.165, 1.54) is 37.2 Å². The van der Waals surface area contributed by atoms with Crippen LogP contribution in [0.1, 0.15) is 94.9 Å². The van der Waals surface area contributed by atoms with E-state index < -0.39 is 0 Å². The van der Waals surface area contributed by atoms with E-state index in [1.54, 1.807) is 0 Å². The average molecular weight is 507 g/mol. The standard InChI is InChI=1S/C23H38N4S.C3H8.2C2H6/c1-5-6-8-20(4)25-15-17-26(18-16-25)23-24-13-14-27(23)28-22-10-7-9-21(11-12-22)19(2)3;1-3-2;2*1-2/h7,9-12,19-20,22H,5-6,8,13-18H2,1-4H3;3H2,1-2H3;2*1-2H3. The molecule has 5 heteroatoms. The van der Waals surface area contributed by atoms with Crippen LogP contribution in [0.4, 0.5) is 0 Å². The van der Waals surface area contributed by atoms with Crippen LogP contribution in [-0.2, 0) is 0 Å². The van der Waals surface area contributed by atoms with E-state index in [0.717, 1.165) is 39.3 Å². The molecule has 0 bridgehead atoms. The fourth-order valence-electron chi connectivity index (χ4n) is 4.03. The molecule has 1 saturated heterocycles. The number of piperazine rings is 1. The van der Waals surface area contributed by atoms with E-state index in [-0.39, 0.29) is 0 Å². The molecule has 4 nitrogen and oxygen atoms in total. The van der Waals surface area contributed by atoms with E-state index in [2.05, 4.69) is 86.0 Å². The summed E-state index contributed by atoms with van der Waals surface area (Å²) in [5, 5.41) is 0.381. The largest absolute Gasteiger partial charge is 0.340 e. The second kappa shape index (κ2) is 20.9. The van der Waals surface area contributed by atoms with Crippen LogP contribution in [0.25, 0.3) is 0 Å². The molecule has 35 heavy (non-hydrogen) atoms. The topological polar surface area (TPSA) is 22.1 Å². The van der Waals surface area contributed by atoms with Crippen molar-refractivity contribution in [2.45, 2.75) is 106 Å². The van der Waals surface area contributed by atoms with Crippen LogP contribution in [0.2, 0.25) is 0 Å². The van der Waals surface area contributed by atoms with Crippen LogP contribution in [-0.4, -0.2) is 70.6 Å². The lowest BCUT2D eigenvalue weighted by atomic mass is 10.0. The lowest BCUT2D eigenvalue weighted by Crippen LogP contribution is -2.53. The number of hydrogen-bond donors (Lipinski definition) is 0. The van der Waals surface area contributed by atoms with Gasteiger partial charge in [-0.25, -0.2) is 0 Å². The fraction of sp³-hybridized carbons (Fsp3) is 0.767. The normalized spacial score (nSPS) is 20.5. The molecule has 0 aromatic heterocycles. The monoisotopic (exact) mass is 506 g/mol. The van der Waals surface area contributed by atoms with Crippen LogP contribution in [0.5, 0.6) is 0 Å². The molecule has 2 aliphatic heterocycles. The maximum Gasteiger partial charge on any atom is 0.207 e. The lowest BCUT2D eigenvalue weighted by molar-refractivity contribution is 0.130. The van der Waals surface area contributed by atoms with Gasteiger partial charge in [0.1, 0.15) is 0 Å². The number of allylic oxidation sites excluding steroid dienone is 4. The lowest BCUT2D eigenvalue weighted by Gasteiger charge is -2.40. The highest BCUT2D eigenvalue weighted by atomic mass is 32.2. The first-order valence-electron chi connectivity index (χ1n) is 14.5. The SMILES string of the molecule is CC.CC.CCC.CCCCC(C)N1CCN(C2=NCCN2SC2C=CC=C(C(C)C)C=C2)CC1. The summed E-state index contributed by atoms with van der Waals surface area (Å²) in [6.45, 7) is 27.9. The molecule has 2 heterocycles. The third kappa shape index (κ3) is 12.5. The van der Waals surface area contributed by atoms with Crippen LogP contribution in [0, 0.1) is 5.92 Å². The van der Waals surface area contributed by atoms with Crippen molar-refractivity contribution in [1.82, 2.24) is 14.1 Å². The molecule has 204 valence electrons. The van der Waals surface area contributed by atoms with E-state index in [4.69, 9.17) is 4.99 Å². The predicted octanol–water partition coefficient (Wildman–Crippen LogP) is 8.05. The summed E-state index contributed by atoms with van der Waals surface area (Å²) in [5.74, 6) is 1.78. The molecule has 0 aromatic carbocycles. The van der Waals surface area contributed by atoms with Gasteiger partial charge in [-0.15, -0.1) is 0 Å². The van der Waals surface area contributed by atoms with Gasteiger partial charge in [0.2, 0.25) is 5.96 Å². The Morgan fingerprint density at radius 2 is 1.57 bits per heavy atom. The van der Waals surface area contributed by atoms with Gasteiger partial charge in [0.05, 0.1) is 18.3 Å². The number of aliphatic imine (C=N–C) groups is 1. The van der Waals surface area contributed by atoms with Crippen molar-refractivity contribution in [1.29, 1.82) is 0 Å². The molecule has 2 unspecified atom stereocenters. The van der Waals surface area contributed by atoms with Gasteiger partial charge in [-0.05, 0) is 36.8 Å². The van der Waals surface area contributed by atoms with E-state index in [1.807, 2.05) is 39.6 Å². The number of hydrogen-bond acceptors (Lipinski definition) is 5. The van der Waals surface area contributed by atoms with Crippen LogP contribution in [0.15, 0.2) is 40.9 Å². The van der Waals surface area contributed by atoms with Crippen LogP contribution >= 0.6 is 11.9 Å². The molecule has 3 rings (SSSR count). The summed E-state index contributed by atoms with van der Waals surface area (Å²) in [6.07, 6.45) is 16.6. The molecule has 0 amide bonds. The first-order chi connectivity index (χ1) is 17.0. The molecule has 0 N–H and O–H groups in total. The van der Waals surface area contributed by atoms with Crippen molar-refractivity contribution in [2.75, 3.05) is 39.3 Å². The second-order valence-corrected chi connectivity index (χ2v) is 10.3. The number of rotatable bonds is 7. The molecule has 0 saturated carbocycles. The molecule has 1 aliphatic carbocycles. The molecular formula is C30H58N4S. The van der Waals surface area contributed by atoms with Crippen molar-refractivity contribution in [3.8, 4) is 0 Å². The Kier molecular flexibility index (Phi) is 20.2. The summed E-state index contributed by atoms with van der Waals surface area (Å²) >= 11 is 1.92. The zero-order chi connectivity index (χ0) is 26.6. The maximum atomic E-state index is 4.86. The van der Waals surface area contributed by atoms with Crippen molar-refractivity contribution in [3.05, 3.63) is 36.0 Å². The Bertz CT molecular complexity index is 630. The molecule has 0 aromatic rings. The fourth-order valence-corrected chi connectivity index (χ4v) is 5.08. The average Bonchev–Trinajstić information content (AvgIpc) is 3.21. The van der Waals surface area contributed by atoms with Gasteiger partial charge in [0.15, 0.2) is 0 Å². The first-order valence-corrected chi connectivity index (χ1v) is 15.4. The van der Waals surface area contributed by atoms with Crippen molar-refractivity contribution in [3.63, 3.8) is 0 Å². The minimum atomic E-state index is 0.381. The highest BCUT2D eigenvalue weighted by molar-refractivity contribution is 7.98. The number of guanidine groups is 1. The molecular weight excluding hydrogens is 448 g/mol. The van der Waals surface area contributed by atoms with Crippen LogP contribution < -0.4 is 0 Å². The van der Waals surface area contributed by atoms with E-state index in [0.29, 0.717) is 17.2 Å². The van der Waals surface area contributed by atoms with Crippen LogP contribution in [0.3, 0.4) is 0 Å². The third-order valence-corrected chi connectivity index (χ3v) is 7.12. The highest BCUT2D eigenvalue weighted by Crippen LogP contribution is 2.27. The molecule has 0 spiro atoms. The molecule has 3 aliphatic rings. The molecule has 1 fully saturated rings. The van der Waals surface area contributed by atoms with Gasteiger partial charge >= 0.3 is 0 Å². The van der Waals surface area contributed by atoms with Crippen molar-refractivity contribution < 1.29 is 0 Å². The smallest absolute Gasteiger partial charge is 0.207 e. The predicted molar refractivity (Wildman–Crippen MR) is 162 cm³/mol. The Balaban J connectivity index is 0.00000150. The summed E-state index contributed by atoms with van der Waals surface area (Å²) in [7, 11) is 0. The third-order valence-electron chi connectivity index (χ3n) is 5.96. The summed E-state index contributed by atoms with van der Waals surface area (Å²) < 4.78 is 2.43. The Hall–Kier alpha value is -1.20. The Morgan fingerprint density at radius 3 is 2.14 bits per heavy atom. The molecule has 2 atom stereocenters. The van der Waals surface area contributed by atoms with Gasteiger partial charge in [0.25, 0.3) is 0 Å². The van der Waals surface area contributed by atoms with Gasteiger partial charge in [-0.1, -0.05) is 112 Å². The maximum absolute atomic E-state index is 4.86. The van der Waals surface area contributed by atoms with E-state index >= 15 is 0 Å². The minimum absolute atomic E-state index is 0.381. The van der Waals surface area contributed by atoms with Gasteiger partial charge in [0, 0.05) is 32.2 Å². The zero-order valence-corrected chi connectivity index (χ0v) is 25.7. The highest BCUT2D eigenvalue weighted by Gasteiger charge is 2.29.